The molecule has 2 aliphatic rings. The van der Waals surface area contributed by atoms with E-state index >= 15 is 0 Å². The standard InChI is InChI=1S/C14H22N2O4S/c1-2-13-16(10(9-21-13)14(19)20)12(18)8-15-7-5-3-4-6-11(15)17/h10,13H,2-9H2,1H3,(H,19,20). The Hall–Kier alpha value is -1.24. The third kappa shape index (κ3) is 3.70. The first-order valence-electron chi connectivity index (χ1n) is 7.48. The molecular weight excluding hydrogens is 292 g/mol. The molecule has 2 heterocycles. The predicted octanol–water partition coefficient (Wildman–Crippen LogP) is 1.15. The van der Waals surface area contributed by atoms with Gasteiger partial charge in [0.05, 0.1) is 11.9 Å². The van der Waals surface area contributed by atoms with Crippen molar-refractivity contribution in [2.75, 3.05) is 18.8 Å². The van der Waals surface area contributed by atoms with Crippen molar-refractivity contribution >= 4 is 29.5 Å². The SMILES string of the molecule is CCC1SCC(C(=O)O)N1C(=O)CN1CCCCCC1=O. The predicted molar refractivity (Wildman–Crippen MR) is 79.9 cm³/mol. The lowest BCUT2D eigenvalue weighted by Gasteiger charge is -2.29. The van der Waals surface area contributed by atoms with Crippen molar-refractivity contribution in [1.29, 1.82) is 0 Å². The molecule has 0 aromatic rings. The summed E-state index contributed by atoms with van der Waals surface area (Å²) >= 11 is 1.50. The van der Waals surface area contributed by atoms with E-state index in [4.69, 9.17) is 0 Å². The quantitative estimate of drug-likeness (QED) is 0.842. The number of likely N-dealkylation sites (tertiary alicyclic amines) is 1. The summed E-state index contributed by atoms with van der Waals surface area (Å²) in [7, 11) is 0. The van der Waals surface area contributed by atoms with E-state index in [-0.39, 0.29) is 23.7 Å². The van der Waals surface area contributed by atoms with Gasteiger partial charge in [-0.1, -0.05) is 13.3 Å². The van der Waals surface area contributed by atoms with Crippen molar-refractivity contribution in [2.45, 2.75) is 50.4 Å². The van der Waals surface area contributed by atoms with Gasteiger partial charge in [-0.3, -0.25) is 9.59 Å². The second kappa shape index (κ2) is 7.15. The summed E-state index contributed by atoms with van der Waals surface area (Å²) in [6.07, 6.45) is 3.99. The summed E-state index contributed by atoms with van der Waals surface area (Å²) in [5, 5.41) is 9.16. The molecule has 2 fully saturated rings. The summed E-state index contributed by atoms with van der Waals surface area (Å²) in [5.41, 5.74) is 0. The van der Waals surface area contributed by atoms with Crippen molar-refractivity contribution < 1.29 is 19.5 Å². The van der Waals surface area contributed by atoms with Crippen LogP contribution in [-0.4, -0.2) is 62.9 Å². The summed E-state index contributed by atoms with van der Waals surface area (Å²) in [4.78, 5) is 38.8. The van der Waals surface area contributed by atoms with Gasteiger partial charge < -0.3 is 14.9 Å². The topological polar surface area (TPSA) is 77.9 Å². The number of rotatable bonds is 4. The molecule has 2 aliphatic heterocycles. The number of carbonyl (C=O) groups excluding carboxylic acids is 2. The monoisotopic (exact) mass is 314 g/mol. The van der Waals surface area contributed by atoms with Gasteiger partial charge >= 0.3 is 5.97 Å². The highest BCUT2D eigenvalue weighted by Crippen LogP contribution is 2.31. The second-order valence-corrected chi connectivity index (χ2v) is 6.69. The third-order valence-electron chi connectivity index (χ3n) is 4.01. The number of carboxylic acid groups (broad SMARTS) is 1. The van der Waals surface area contributed by atoms with Gasteiger partial charge in [0.2, 0.25) is 11.8 Å². The molecule has 2 unspecified atom stereocenters. The Labute approximate surface area is 128 Å². The van der Waals surface area contributed by atoms with Crippen LogP contribution < -0.4 is 0 Å². The zero-order chi connectivity index (χ0) is 15.4. The normalized spacial score (nSPS) is 26.8. The van der Waals surface area contributed by atoms with Gasteiger partial charge in [0.15, 0.2) is 0 Å². The molecule has 0 aromatic heterocycles. The molecule has 0 radical (unpaired) electrons. The molecule has 2 saturated heterocycles. The summed E-state index contributed by atoms with van der Waals surface area (Å²) < 4.78 is 0. The molecule has 0 aromatic carbocycles. The number of thioether (sulfide) groups is 1. The number of carbonyl (C=O) groups is 3. The van der Waals surface area contributed by atoms with E-state index < -0.39 is 12.0 Å². The van der Waals surface area contributed by atoms with Crippen molar-refractivity contribution in [2.24, 2.45) is 0 Å². The van der Waals surface area contributed by atoms with E-state index in [0.717, 1.165) is 19.3 Å². The van der Waals surface area contributed by atoms with E-state index in [0.29, 0.717) is 25.1 Å². The van der Waals surface area contributed by atoms with E-state index in [1.165, 1.54) is 16.7 Å². The first kappa shape index (κ1) is 16.1. The first-order chi connectivity index (χ1) is 10.0. The lowest BCUT2D eigenvalue weighted by molar-refractivity contribution is -0.150. The lowest BCUT2D eigenvalue weighted by Crippen LogP contribution is -2.50. The Morgan fingerprint density at radius 1 is 1.33 bits per heavy atom. The van der Waals surface area contributed by atoms with Gasteiger partial charge in [0, 0.05) is 18.7 Å². The third-order valence-corrected chi connectivity index (χ3v) is 5.47. The fourth-order valence-corrected chi connectivity index (χ4v) is 4.22. The van der Waals surface area contributed by atoms with E-state index in [9.17, 15) is 19.5 Å². The van der Waals surface area contributed by atoms with Crippen LogP contribution in [0.5, 0.6) is 0 Å². The van der Waals surface area contributed by atoms with Crippen LogP contribution in [-0.2, 0) is 14.4 Å². The molecule has 2 amide bonds. The van der Waals surface area contributed by atoms with Crippen LogP contribution in [0.4, 0.5) is 0 Å². The maximum absolute atomic E-state index is 12.5. The highest BCUT2D eigenvalue weighted by molar-refractivity contribution is 8.00. The average molecular weight is 314 g/mol. The van der Waals surface area contributed by atoms with Crippen molar-refractivity contribution in [3.8, 4) is 0 Å². The Morgan fingerprint density at radius 3 is 2.76 bits per heavy atom. The van der Waals surface area contributed by atoms with Gasteiger partial charge in [-0.05, 0) is 19.3 Å². The van der Waals surface area contributed by atoms with E-state index in [2.05, 4.69) is 0 Å². The second-order valence-electron chi connectivity index (χ2n) is 5.48. The minimum atomic E-state index is -0.964. The molecule has 0 spiro atoms. The van der Waals surface area contributed by atoms with Crippen molar-refractivity contribution in [3.63, 3.8) is 0 Å². The molecular formula is C14H22N2O4S. The van der Waals surface area contributed by atoms with Gasteiger partial charge in [-0.25, -0.2) is 4.79 Å². The molecule has 7 heteroatoms. The van der Waals surface area contributed by atoms with Crippen molar-refractivity contribution in [1.82, 2.24) is 9.80 Å². The average Bonchev–Trinajstić information content (AvgIpc) is 2.79. The molecule has 1 N–H and O–H groups in total. The zero-order valence-corrected chi connectivity index (χ0v) is 13.1. The Morgan fingerprint density at radius 2 is 2.10 bits per heavy atom. The number of hydrogen-bond donors (Lipinski definition) is 1. The van der Waals surface area contributed by atoms with Crippen LogP contribution in [0, 0.1) is 0 Å². The highest BCUT2D eigenvalue weighted by atomic mass is 32.2. The van der Waals surface area contributed by atoms with Gasteiger partial charge in [0.1, 0.15) is 6.04 Å². The molecule has 0 saturated carbocycles. The smallest absolute Gasteiger partial charge is 0.327 e. The molecule has 118 valence electrons. The maximum Gasteiger partial charge on any atom is 0.327 e. The van der Waals surface area contributed by atoms with Crippen LogP contribution in [0.1, 0.15) is 39.0 Å². The van der Waals surface area contributed by atoms with Gasteiger partial charge in [-0.15, -0.1) is 11.8 Å². The minimum Gasteiger partial charge on any atom is -0.480 e. The van der Waals surface area contributed by atoms with E-state index in [1.807, 2.05) is 6.92 Å². The number of hydrogen-bond acceptors (Lipinski definition) is 4. The number of amides is 2. The maximum atomic E-state index is 12.5. The molecule has 21 heavy (non-hydrogen) atoms. The summed E-state index contributed by atoms with van der Waals surface area (Å²) in [6.45, 7) is 2.55. The molecule has 6 nitrogen and oxygen atoms in total. The fourth-order valence-electron chi connectivity index (χ4n) is 2.85. The van der Waals surface area contributed by atoms with Gasteiger partial charge in [-0.2, -0.15) is 0 Å². The van der Waals surface area contributed by atoms with Crippen LogP contribution in [0.2, 0.25) is 0 Å². The zero-order valence-electron chi connectivity index (χ0n) is 12.3. The molecule has 0 bridgehead atoms. The van der Waals surface area contributed by atoms with Crippen LogP contribution in [0.15, 0.2) is 0 Å². The van der Waals surface area contributed by atoms with Crippen LogP contribution >= 0.6 is 11.8 Å². The Balaban J connectivity index is 2.05. The molecule has 0 aliphatic carbocycles. The van der Waals surface area contributed by atoms with E-state index in [1.54, 1.807) is 4.90 Å². The summed E-state index contributed by atoms with van der Waals surface area (Å²) in [5.74, 6) is -0.774. The Kier molecular flexibility index (Phi) is 5.50. The summed E-state index contributed by atoms with van der Waals surface area (Å²) in [6, 6.07) is -0.769. The molecule has 2 rings (SSSR count). The molecule has 2 atom stereocenters. The number of nitrogens with zero attached hydrogens (tertiary/aromatic N) is 2. The van der Waals surface area contributed by atoms with Crippen molar-refractivity contribution in [3.05, 3.63) is 0 Å². The number of carboxylic acids is 1. The van der Waals surface area contributed by atoms with Gasteiger partial charge in [0.25, 0.3) is 0 Å². The van der Waals surface area contributed by atoms with Crippen LogP contribution in [0.3, 0.4) is 0 Å². The Bertz CT molecular complexity index is 429. The lowest BCUT2D eigenvalue weighted by atomic mass is 10.2. The van der Waals surface area contributed by atoms with Crippen LogP contribution in [0.25, 0.3) is 0 Å². The first-order valence-corrected chi connectivity index (χ1v) is 8.52. The highest BCUT2D eigenvalue weighted by Gasteiger charge is 2.41. The largest absolute Gasteiger partial charge is 0.480 e. The minimum absolute atomic E-state index is 0.00706. The number of aliphatic carboxylic acids is 1. The fraction of sp³-hybridized carbons (Fsp3) is 0.786.